The molecule has 2 rings (SSSR count). The number of hydrogen-bond acceptors (Lipinski definition) is 1. The summed E-state index contributed by atoms with van der Waals surface area (Å²) in [6.07, 6.45) is 3.82. The Morgan fingerprint density at radius 2 is 1.57 bits per heavy atom. The lowest BCUT2D eigenvalue weighted by Crippen LogP contribution is -2.17. The van der Waals surface area contributed by atoms with Crippen LogP contribution >= 0.6 is 0 Å². The summed E-state index contributed by atoms with van der Waals surface area (Å²) in [6, 6.07) is 18.5. The third-order valence-electron chi connectivity index (χ3n) is 4.26. The highest BCUT2D eigenvalue weighted by molar-refractivity contribution is 5.64. The van der Waals surface area contributed by atoms with E-state index in [0.29, 0.717) is 0 Å². The third kappa shape index (κ3) is 5.27. The second kappa shape index (κ2) is 9.18. The Hall–Kier alpha value is -2.04. The van der Waals surface area contributed by atoms with Crippen molar-refractivity contribution in [2.75, 3.05) is 0 Å². The molecule has 2 aromatic carbocycles. The molecule has 0 aliphatic heterocycles. The summed E-state index contributed by atoms with van der Waals surface area (Å²) in [6.45, 7) is 4.30. The third-order valence-corrected chi connectivity index (χ3v) is 4.26. The van der Waals surface area contributed by atoms with Gasteiger partial charge in [0.2, 0.25) is 0 Å². The summed E-state index contributed by atoms with van der Waals surface area (Å²) in [4.78, 5) is 0. The van der Waals surface area contributed by atoms with Crippen LogP contribution < -0.4 is 0 Å². The lowest BCUT2D eigenvalue weighted by atomic mass is 9.93. The Kier molecular flexibility index (Phi) is 6.91. The zero-order valence-electron chi connectivity index (χ0n) is 14.1. The van der Waals surface area contributed by atoms with E-state index in [-0.39, 0.29) is 5.92 Å². The summed E-state index contributed by atoms with van der Waals surface area (Å²) in [7, 11) is 0. The molecule has 2 unspecified atom stereocenters. The van der Waals surface area contributed by atoms with Crippen molar-refractivity contribution < 1.29 is 5.11 Å². The standard InChI is InChI=1S/C22H26O/c1-3-5-9-19(4-2)22(23)17-14-18-12-15-21(16-13-18)20-10-7-6-8-11-20/h6-8,10-13,15-16,19,22-23H,3-5,9H2,1-2H3. The molecule has 120 valence electrons. The first-order valence-electron chi connectivity index (χ1n) is 8.59. The molecule has 0 bridgehead atoms. The number of aliphatic hydroxyl groups is 1. The molecule has 0 spiro atoms. The monoisotopic (exact) mass is 306 g/mol. The summed E-state index contributed by atoms with van der Waals surface area (Å²) in [5.41, 5.74) is 3.35. The van der Waals surface area contributed by atoms with Crippen molar-refractivity contribution in [3.8, 4) is 23.0 Å². The largest absolute Gasteiger partial charge is 0.380 e. The summed E-state index contributed by atoms with van der Waals surface area (Å²) in [5.74, 6) is 6.42. The molecule has 23 heavy (non-hydrogen) atoms. The van der Waals surface area contributed by atoms with Crippen LogP contribution in [0.3, 0.4) is 0 Å². The molecule has 0 saturated heterocycles. The second-order valence-corrected chi connectivity index (χ2v) is 5.97. The molecule has 0 heterocycles. The lowest BCUT2D eigenvalue weighted by molar-refractivity contribution is 0.150. The van der Waals surface area contributed by atoms with Crippen LogP contribution in [0.4, 0.5) is 0 Å². The minimum Gasteiger partial charge on any atom is -0.380 e. The van der Waals surface area contributed by atoms with E-state index in [0.717, 1.165) is 31.2 Å². The van der Waals surface area contributed by atoms with Crippen LogP contribution in [0.25, 0.3) is 11.1 Å². The minimum atomic E-state index is -0.527. The molecule has 0 aliphatic carbocycles. The quantitative estimate of drug-likeness (QED) is 0.720. The Bertz CT molecular complexity index is 631. The van der Waals surface area contributed by atoms with Gasteiger partial charge in [-0.15, -0.1) is 0 Å². The first kappa shape index (κ1) is 17.3. The normalized spacial score (nSPS) is 13.0. The van der Waals surface area contributed by atoms with Crippen molar-refractivity contribution in [2.45, 2.75) is 45.6 Å². The smallest absolute Gasteiger partial charge is 0.117 e. The van der Waals surface area contributed by atoms with E-state index in [2.05, 4.69) is 50.0 Å². The Morgan fingerprint density at radius 3 is 2.17 bits per heavy atom. The van der Waals surface area contributed by atoms with E-state index in [1.807, 2.05) is 30.3 Å². The highest BCUT2D eigenvalue weighted by Gasteiger charge is 2.14. The maximum atomic E-state index is 10.3. The fraction of sp³-hybridized carbons (Fsp3) is 0.364. The van der Waals surface area contributed by atoms with Crippen molar-refractivity contribution in [3.05, 3.63) is 60.2 Å². The lowest BCUT2D eigenvalue weighted by Gasteiger charge is -2.16. The van der Waals surface area contributed by atoms with E-state index in [4.69, 9.17) is 0 Å². The molecule has 1 heteroatoms. The van der Waals surface area contributed by atoms with Crippen LogP contribution in [-0.2, 0) is 0 Å². The van der Waals surface area contributed by atoms with E-state index in [1.165, 1.54) is 11.1 Å². The zero-order valence-corrected chi connectivity index (χ0v) is 14.1. The first-order chi connectivity index (χ1) is 11.2. The van der Waals surface area contributed by atoms with Crippen LogP contribution in [0.1, 0.15) is 45.1 Å². The van der Waals surface area contributed by atoms with Gasteiger partial charge in [0.05, 0.1) is 0 Å². The molecule has 0 radical (unpaired) electrons. The van der Waals surface area contributed by atoms with Crippen molar-refractivity contribution in [1.82, 2.24) is 0 Å². The van der Waals surface area contributed by atoms with E-state index in [1.54, 1.807) is 0 Å². The van der Waals surface area contributed by atoms with Gasteiger partial charge in [-0.25, -0.2) is 0 Å². The molecule has 0 saturated carbocycles. The second-order valence-electron chi connectivity index (χ2n) is 5.97. The molecule has 1 N–H and O–H groups in total. The first-order valence-corrected chi connectivity index (χ1v) is 8.59. The van der Waals surface area contributed by atoms with Gasteiger partial charge in [0, 0.05) is 5.56 Å². The van der Waals surface area contributed by atoms with Crippen molar-refractivity contribution in [2.24, 2.45) is 5.92 Å². The highest BCUT2D eigenvalue weighted by Crippen LogP contribution is 2.19. The Labute approximate surface area is 140 Å². The van der Waals surface area contributed by atoms with Crippen LogP contribution in [0.15, 0.2) is 54.6 Å². The fourth-order valence-electron chi connectivity index (χ4n) is 2.70. The number of benzene rings is 2. The van der Waals surface area contributed by atoms with Crippen LogP contribution in [0, 0.1) is 17.8 Å². The van der Waals surface area contributed by atoms with Gasteiger partial charge in [0.15, 0.2) is 0 Å². The average Bonchev–Trinajstić information content (AvgIpc) is 2.62. The van der Waals surface area contributed by atoms with Gasteiger partial charge in [0.25, 0.3) is 0 Å². The molecule has 0 amide bonds. The molecule has 0 fully saturated rings. The fourth-order valence-corrected chi connectivity index (χ4v) is 2.70. The van der Waals surface area contributed by atoms with Crippen LogP contribution in [-0.4, -0.2) is 11.2 Å². The van der Waals surface area contributed by atoms with Gasteiger partial charge in [-0.2, -0.15) is 0 Å². The number of hydrogen-bond donors (Lipinski definition) is 1. The zero-order chi connectivity index (χ0) is 16.5. The van der Waals surface area contributed by atoms with Gasteiger partial charge in [-0.1, -0.05) is 81.0 Å². The van der Waals surface area contributed by atoms with Gasteiger partial charge in [-0.05, 0) is 42.0 Å². The average molecular weight is 306 g/mol. The summed E-state index contributed by atoms with van der Waals surface area (Å²) in [5, 5.41) is 10.3. The van der Waals surface area contributed by atoms with Crippen LogP contribution in [0.5, 0.6) is 0 Å². The van der Waals surface area contributed by atoms with Crippen molar-refractivity contribution in [3.63, 3.8) is 0 Å². The predicted octanol–water partition coefficient (Wildman–Crippen LogP) is 5.28. The SMILES string of the molecule is CCCCC(CC)C(O)C#Cc1ccc(-c2ccccc2)cc1. The number of aliphatic hydroxyl groups excluding tert-OH is 1. The van der Waals surface area contributed by atoms with Gasteiger partial charge in [0.1, 0.15) is 6.10 Å². The maximum Gasteiger partial charge on any atom is 0.117 e. The minimum absolute atomic E-state index is 0.283. The topological polar surface area (TPSA) is 20.2 Å². The Balaban J connectivity index is 2.03. The van der Waals surface area contributed by atoms with Crippen LogP contribution in [0.2, 0.25) is 0 Å². The molecule has 2 aromatic rings. The summed E-state index contributed by atoms with van der Waals surface area (Å²) < 4.78 is 0. The Morgan fingerprint density at radius 1 is 0.913 bits per heavy atom. The number of rotatable bonds is 6. The molecular formula is C22H26O. The van der Waals surface area contributed by atoms with Crippen molar-refractivity contribution >= 4 is 0 Å². The van der Waals surface area contributed by atoms with Gasteiger partial charge in [-0.3, -0.25) is 0 Å². The highest BCUT2D eigenvalue weighted by atomic mass is 16.3. The maximum absolute atomic E-state index is 10.3. The summed E-state index contributed by atoms with van der Waals surface area (Å²) >= 11 is 0. The number of unbranched alkanes of at least 4 members (excludes halogenated alkanes) is 1. The van der Waals surface area contributed by atoms with Gasteiger partial charge >= 0.3 is 0 Å². The predicted molar refractivity (Wildman–Crippen MR) is 98.1 cm³/mol. The van der Waals surface area contributed by atoms with Crippen molar-refractivity contribution in [1.29, 1.82) is 0 Å². The van der Waals surface area contributed by atoms with Gasteiger partial charge < -0.3 is 5.11 Å². The van der Waals surface area contributed by atoms with E-state index < -0.39 is 6.10 Å². The molecule has 2 atom stereocenters. The van der Waals surface area contributed by atoms with E-state index >= 15 is 0 Å². The molecule has 0 aliphatic rings. The molecule has 0 aromatic heterocycles. The molecule has 1 nitrogen and oxygen atoms in total. The molecular weight excluding hydrogens is 280 g/mol. The van der Waals surface area contributed by atoms with E-state index in [9.17, 15) is 5.11 Å².